The van der Waals surface area contributed by atoms with Crippen molar-refractivity contribution in [2.24, 2.45) is 0 Å². The molecule has 2 aromatic rings. The molecule has 2 nitrogen and oxygen atoms in total. The molecule has 0 spiro atoms. The largest absolute Gasteiger partial charge is 0.493 e. The third-order valence-electron chi connectivity index (χ3n) is 3.09. The van der Waals surface area contributed by atoms with E-state index in [1.807, 2.05) is 44.2 Å². The standard InChI is InChI=1S/C16H16BrClO2/c1-3-20-15-7-4-11(17)9-14(15)16(19)13-6-5-12(18)8-10(13)2/h4-9,16,19H,3H2,1-2H3. The predicted octanol–water partition coefficient (Wildman–Crippen LogP) is 4.89. The monoisotopic (exact) mass is 354 g/mol. The van der Waals surface area contributed by atoms with Gasteiger partial charge in [0.15, 0.2) is 0 Å². The highest BCUT2D eigenvalue weighted by Crippen LogP contribution is 2.34. The maximum atomic E-state index is 10.7. The van der Waals surface area contributed by atoms with Crippen LogP contribution in [0.25, 0.3) is 0 Å². The van der Waals surface area contributed by atoms with Gasteiger partial charge in [-0.15, -0.1) is 0 Å². The van der Waals surface area contributed by atoms with Gasteiger partial charge in [-0.3, -0.25) is 0 Å². The van der Waals surface area contributed by atoms with Crippen LogP contribution in [0.4, 0.5) is 0 Å². The Bertz CT molecular complexity index is 613. The van der Waals surface area contributed by atoms with E-state index in [1.165, 1.54) is 0 Å². The van der Waals surface area contributed by atoms with Gasteiger partial charge in [-0.05, 0) is 55.3 Å². The Kier molecular flexibility index (Phi) is 5.08. The van der Waals surface area contributed by atoms with Crippen LogP contribution < -0.4 is 4.74 Å². The number of aliphatic hydroxyl groups is 1. The molecule has 0 aromatic heterocycles. The first-order valence-corrected chi connectivity index (χ1v) is 7.56. The Morgan fingerprint density at radius 1 is 1.20 bits per heavy atom. The van der Waals surface area contributed by atoms with Crippen LogP contribution in [0.1, 0.15) is 29.7 Å². The molecule has 4 heteroatoms. The summed E-state index contributed by atoms with van der Waals surface area (Å²) in [4.78, 5) is 0. The average Bonchev–Trinajstić information content (AvgIpc) is 2.40. The number of hydrogen-bond acceptors (Lipinski definition) is 2. The first-order chi connectivity index (χ1) is 9.52. The average molecular weight is 356 g/mol. The number of aliphatic hydroxyl groups excluding tert-OH is 1. The summed E-state index contributed by atoms with van der Waals surface area (Å²) in [5, 5.41) is 11.3. The van der Waals surface area contributed by atoms with E-state index in [-0.39, 0.29) is 0 Å². The number of aryl methyl sites for hydroxylation is 1. The molecule has 0 bridgehead atoms. The van der Waals surface area contributed by atoms with E-state index in [1.54, 1.807) is 6.07 Å². The fraction of sp³-hybridized carbons (Fsp3) is 0.250. The first-order valence-electron chi connectivity index (χ1n) is 6.39. The Morgan fingerprint density at radius 2 is 1.95 bits per heavy atom. The first kappa shape index (κ1) is 15.4. The van der Waals surface area contributed by atoms with E-state index in [9.17, 15) is 5.11 Å². The second kappa shape index (κ2) is 6.61. The van der Waals surface area contributed by atoms with Crippen molar-refractivity contribution >= 4 is 27.5 Å². The molecule has 0 saturated heterocycles. The van der Waals surface area contributed by atoms with Crippen molar-refractivity contribution in [3.05, 3.63) is 62.6 Å². The molecule has 0 amide bonds. The molecule has 106 valence electrons. The van der Waals surface area contributed by atoms with Crippen LogP contribution in [0.5, 0.6) is 5.75 Å². The second-order valence-corrected chi connectivity index (χ2v) is 5.87. The lowest BCUT2D eigenvalue weighted by molar-refractivity contribution is 0.211. The minimum absolute atomic E-state index is 0.557. The third-order valence-corrected chi connectivity index (χ3v) is 3.82. The number of halogens is 2. The molecule has 2 rings (SSSR count). The van der Waals surface area contributed by atoms with Crippen molar-refractivity contribution in [2.45, 2.75) is 20.0 Å². The van der Waals surface area contributed by atoms with Gasteiger partial charge in [0.1, 0.15) is 11.9 Å². The van der Waals surface area contributed by atoms with Crippen LogP contribution in [0.3, 0.4) is 0 Å². The van der Waals surface area contributed by atoms with Crippen molar-refractivity contribution in [1.29, 1.82) is 0 Å². The summed E-state index contributed by atoms with van der Waals surface area (Å²) in [6, 6.07) is 11.1. The molecule has 0 saturated carbocycles. The molecule has 1 atom stereocenters. The van der Waals surface area contributed by atoms with Gasteiger partial charge in [0, 0.05) is 15.1 Å². The number of hydrogen-bond donors (Lipinski definition) is 1. The van der Waals surface area contributed by atoms with Crippen molar-refractivity contribution in [1.82, 2.24) is 0 Å². The maximum Gasteiger partial charge on any atom is 0.125 e. The van der Waals surface area contributed by atoms with Crippen LogP contribution in [0.2, 0.25) is 5.02 Å². The summed E-state index contributed by atoms with van der Waals surface area (Å²) < 4.78 is 6.50. The normalized spacial score (nSPS) is 12.2. The van der Waals surface area contributed by atoms with Gasteiger partial charge in [-0.25, -0.2) is 0 Å². The van der Waals surface area contributed by atoms with E-state index >= 15 is 0 Å². The molecular formula is C16H16BrClO2. The van der Waals surface area contributed by atoms with Gasteiger partial charge in [-0.2, -0.15) is 0 Å². The summed E-state index contributed by atoms with van der Waals surface area (Å²) in [5.41, 5.74) is 2.52. The molecular weight excluding hydrogens is 340 g/mol. The fourth-order valence-electron chi connectivity index (χ4n) is 2.13. The lowest BCUT2D eigenvalue weighted by atomic mass is 9.97. The van der Waals surface area contributed by atoms with Crippen LogP contribution >= 0.6 is 27.5 Å². The summed E-state index contributed by atoms with van der Waals surface area (Å²) in [6.07, 6.45) is -0.744. The summed E-state index contributed by atoms with van der Waals surface area (Å²) in [6.45, 7) is 4.41. The molecule has 0 fully saturated rings. The van der Waals surface area contributed by atoms with E-state index in [0.717, 1.165) is 21.2 Å². The zero-order valence-electron chi connectivity index (χ0n) is 11.4. The highest BCUT2D eigenvalue weighted by molar-refractivity contribution is 9.10. The van der Waals surface area contributed by atoms with Crippen LogP contribution in [0.15, 0.2) is 40.9 Å². The molecule has 20 heavy (non-hydrogen) atoms. The minimum atomic E-state index is -0.744. The molecule has 1 unspecified atom stereocenters. The van der Waals surface area contributed by atoms with Crippen LogP contribution in [0, 0.1) is 6.92 Å². The number of benzene rings is 2. The Balaban J connectivity index is 2.46. The molecule has 0 heterocycles. The van der Waals surface area contributed by atoms with E-state index in [2.05, 4.69) is 15.9 Å². The van der Waals surface area contributed by atoms with Crippen molar-refractivity contribution in [2.75, 3.05) is 6.61 Å². The van der Waals surface area contributed by atoms with Gasteiger partial charge in [-0.1, -0.05) is 33.6 Å². The van der Waals surface area contributed by atoms with Crippen LogP contribution in [-0.4, -0.2) is 11.7 Å². The molecule has 2 aromatic carbocycles. The highest BCUT2D eigenvalue weighted by Gasteiger charge is 2.18. The van der Waals surface area contributed by atoms with Crippen molar-refractivity contribution < 1.29 is 9.84 Å². The lowest BCUT2D eigenvalue weighted by Gasteiger charge is -2.18. The minimum Gasteiger partial charge on any atom is -0.493 e. The summed E-state index contributed by atoms with van der Waals surface area (Å²) >= 11 is 9.39. The molecule has 0 aliphatic heterocycles. The van der Waals surface area contributed by atoms with Crippen molar-refractivity contribution in [3.63, 3.8) is 0 Å². The lowest BCUT2D eigenvalue weighted by Crippen LogP contribution is -2.05. The summed E-state index contributed by atoms with van der Waals surface area (Å²) in [7, 11) is 0. The SMILES string of the molecule is CCOc1ccc(Br)cc1C(O)c1ccc(Cl)cc1C. The van der Waals surface area contributed by atoms with E-state index < -0.39 is 6.10 Å². The van der Waals surface area contributed by atoms with Crippen LogP contribution in [-0.2, 0) is 0 Å². The van der Waals surface area contributed by atoms with Crippen molar-refractivity contribution in [3.8, 4) is 5.75 Å². The van der Waals surface area contributed by atoms with Gasteiger partial charge in [0.25, 0.3) is 0 Å². The van der Waals surface area contributed by atoms with Gasteiger partial charge in [0.05, 0.1) is 6.61 Å². The van der Waals surface area contributed by atoms with Gasteiger partial charge >= 0.3 is 0 Å². The number of ether oxygens (including phenoxy) is 1. The molecule has 0 aliphatic rings. The Labute approximate surface area is 132 Å². The second-order valence-electron chi connectivity index (χ2n) is 4.52. The van der Waals surface area contributed by atoms with Gasteiger partial charge in [0.2, 0.25) is 0 Å². The quantitative estimate of drug-likeness (QED) is 0.846. The zero-order chi connectivity index (χ0) is 14.7. The third kappa shape index (κ3) is 3.35. The number of rotatable bonds is 4. The van der Waals surface area contributed by atoms with E-state index in [4.69, 9.17) is 16.3 Å². The highest BCUT2D eigenvalue weighted by atomic mass is 79.9. The fourth-order valence-corrected chi connectivity index (χ4v) is 2.74. The molecule has 0 aliphatic carbocycles. The molecule has 0 radical (unpaired) electrons. The van der Waals surface area contributed by atoms with Gasteiger partial charge < -0.3 is 9.84 Å². The molecule has 1 N–H and O–H groups in total. The maximum absolute atomic E-state index is 10.7. The van der Waals surface area contributed by atoms with E-state index in [0.29, 0.717) is 17.4 Å². The zero-order valence-corrected chi connectivity index (χ0v) is 13.7. The Hall–Kier alpha value is -1.03. The predicted molar refractivity (Wildman–Crippen MR) is 85.6 cm³/mol. The Morgan fingerprint density at radius 3 is 2.60 bits per heavy atom. The smallest absolute Gasteiger partial charge is 0.125 e. The summed E-state index contributed by atoms with van der Waals surface area (Å²) in [5.74, 6) is 0.692. The topological polar surface area (TPSA) is 29.5 Å².